The number of aromatic nitrogens is 1. The maximum absolute atomic E-state index is 12.0. The Bertz CT molecular complexity index is 826. The molecule has 1 aromatic carbocycles. The summed E-state index contributed by atoms with van der Waals surface area (Å²) in [5.74, 6) is -0.417. The fourth-order valence-electron chi connectivity index (χ4n) is 2.81. The van der Waals surface area contributed by atoms with Gasteiger partial charge in [0.1, 0.15) is 0 Å². The van der Waals surface area contributed by atoms with Gasteiger partial charge < -0.3 is 5.32 Å². The number of benzene rings is 1. The molecule has 0 radical (unpaired) electrons. The molecule has 1 atom stereocenters. The van der Waals surface area contributed by atoms with Crippen molar-refractivity contribution in [2.75, 3.05) is 18.1 Å². The number of amides is 1. The van der Waals surface area contributed by atoms with Crippen LogP contribution in [0.4, 0.5) is 0 Å². The lowest BCUT2D eigenvalue weighted by Crippen LogP contribution is -2.32. The Morgan fingerprint density at radius 1 is 1.33 bits per heavy atom. The molecule has 1 aliphatic heterocycles. The van der Waals surface area contributed by atoms with E-state index in [1.165, 1.54) is 0 Å². The molecule has 0 spiro atoms. The molecule has 0 bridgehead atoms. The van der Waals surface area contributed by atoms with Gasteiger partial charge >= 0.3 is 0 Å². The van der Waals surface area contributed by atoms with Gasteiger partial charge in [0.2, 0.25) is 5.91 Å². The van der Waals surface area contributed by atoms with Crippen LogP contribution < -0.4 is 5.32 Å². The van der Waals surface area contributed by atoms with Gasteiger partial charge in [0.15, 0.2) is 9.84 Å². The van der Waals surface area contributed by atoms with Crippen molar-refractivity contribution in [3.63, 3.8) is 0 Å². The van der Waals surface area contributed by atoms with Gasteiger partial charge in [-0.15, -0.1) is 11.3 Å². The first-order valence-corrected chi connectivity index (χ1v) is 10.6. The highest BCUT2D eigenvalue weighted by molar-refractivity contribution is 7.91. The van der Waals surface area contributed by atoms with E-state index in [-0.39, 0.29) is 23.3 Å². The highest BCUT2D eigenvalue weighted by Crippen LogP contribution is 2.22. The number of aryl methyl sites for hydroxylation is 1. The Balaban J connectivity index is 1.49. The largest absolute Gasteiger partial charge is 0.356 e. The van der Waals surface area contributed by atoms with E-state index in [0.717, 1.165) is 28.2 Å². The third-order valence-electron chi connectivity index (χ3n) is 4.18. The molecule has 1 saturated heterocycles. The lowest BCUT2D eigenvalue weighted by molar-refractivity contribution is -0.124. The Kier molecular flexibility index (Phi) is 5.01. The van der Waals surface area contributed by atoms with E-state index in [2.05, 4.69) is 10.3 Å². The zero-order chi connectivity index (χ0) is 17.2. The van der Waals surface area contributed by atoms with E-state index in [0.29, 0.717) is 13.0 Å². The second kappa shape index (κ2) is 7.03. The Hall–Kier alpha value is -1.73. The van der Waals surface area contributed by atoms with Crippen molar-refractivity contribution in [1.82, 2.24) is 10.3 Å². The molecule has 1 N–H and O–H groups in total. The van der Waals surface area contributed by atoms with Crippen LogP contribution >= 0.6 is 11.3 Å². The van der Waals surface area contributed by atoms with Crippen molar-refractivity contribution in [3.8, 4) is 11.3 Å². The highest BCUT2D eigenvalue weighted by atomic mass is 32.2. The van der Waals surface area contributed by atoms with Crippen LogP contribution in [0.5, 0.6) is 0 Å². The monoisotopic (exact) mass is 364 g/mol. The summed E-state index contributed by atoms with van der Waals surface area (Å²) in [7, 11) is -3.01. The molecular formula is C17H20N2O3S2. The van der Waals surface area contributed by atoms with Crippen LogP contribution in [0.25, 0.3) is 11.3 Å². The number of nitrogens with zero attached hydrogens (tertiary/aromatic N) is 1. The number of thiazole rings is 1. The van der Waals surface area contributed by atoms with Gasteiger partial charge in [-0.1, -0.05) is 24.3 Å². The first-order chi connectivity index (χ1) is 11.4. The summed E-state index contributed by atoms with van der Waals surface area (Å²) in [5.41, 5.74) is 3.20. The van der Waals surface area contributed by atoms with E-state index in [1.54, 1.807) is 11.3 Å². The highest BCUT2D eigenvalue weighted by Gasteiger charge is 2.32. The average Bonchev–Trinajstić information content (AvgIpc) is 3.13. The summed E-state index contributed by atoms with van der Waals surface area (Å²) in [6.45, 7) is 2.51. The third-order valence-corrected chi connectivity index (χ3v) is 6.73. The van der Waals surface area contributed by atoms with Crippen molar-refractivity contribution in [1.29, 1.82) is 0 Å². The predicted octanol–water partition coefficient (Wildman–Crippen LogP) is 2.21. The molecule has 1 aromatic heterocycles. The summed E-state index contributed by atoms with van der Waals surface area (Å²) in [6, 6.07) is 8.15. The number of hydrogen-bond donors (Lipinski definition) is 1. The van der Waals surface area contributed by atoms with Crippen molar-refractivity contribution < 1.29 is 13.2 Å². The molecule has 24 heavy (non-hydrogen) atoms. The van der Waals surface area contributed by atoms with Crippen molar-refractivity contribution in [3.05, 3.63) is 40.2 Å². The van der Waals surface area contributed by atoms with Crippen molar-refractivity contribution in [2.45, 2.75) is 19.8 Å². The van der Waals surface area contributed by atoms with Gasteiger partial charge in [-0.25, -0.2) is 13.4 Å². The zero-order valence-electron chi connectivity index (χ0n) is 13.5. The van der Waals surface area contributed by atoms with Gasteiger partial charge in [0, 0.05) is 17.5 Å². The second-order valence-electron chi connectivity index (χ2n) is 6.09. The second-order valence-corrected chi connectivity index (χ2v) is 9.38. The number of hydrogen-bond acceptors (Lipinski definition) is 5. The molecule has 1 fully saturated rings. The molecule has 1 amide bonds. The lowest BCUT2D eigenvalue weighted by atomic mass is 10.1. The van der Waals surface area contributed by atoms with Crippen LogP contribution in [0.1, 0.15) is 17.0 Å². The third kappa shape index (κ3) is 4.21. The summed E-state index contributed by atoms with van der Waals surface area (Å²) >= 11 is 1.63. The van der Waals surface area contributed by atoms with Crippen LogP contribution in [0.15, 0.2) is 29.6 Å². The number of sulfone groups is 1. The maximum Gasteiger partial charge on any atom is 0.224 e. The molecule has 0 saturated carbocycles. The number of rotatable bonds is 5. The van der Waals surface area contributed by atoms with E-state index in [4.69, 9.17) is 0 Å². The SMILES string of the molecule is Cc1nc(-c2ccc(CCNC(=O)[C@H]3CCS(=O)(=O)C3)cc2)cs1. The minimum atomic E-state index is -3.01. The van der Waals surface area contributed by atoms with E-state index in [1.807, 2.05) is 36.6 Å². The number of carbonyl (C=O) groups excluding carboxylic acids is 1. The molecule has 2 aromatic rings. The van der Waals surface area contributed by atoms with Crippen LogP contribution in [0.2, 0.25) is 0 Å². The average molecular weight is 364 g/mol. The summed E-state index contributed by atoms with van der Waals surface area (Å²) in [4.78, 5) is 16.4. The molecular weight excluding hydrogens is 344 g/mol. The van der Waals surface area contributed by atoms with Crippen molar-refractivity contribution >= 4 is 27.1 Å². The zero-order valence-corrected chi connectivity index (χ0v) is 15.1. The standard InChI is InChI=1S/C17H20N2O3S2/c1-12-19-16(10-23-12)14-4-2-13(3-5-14)6-8-18-17(20)15-7-9-24(21,22)11-15/h2-5,10,15H,6-9,11H2,1H3,(H,18,20)/t15-/m0/s1. The summed E-state index contributed by atoms with van der Waals surface area (Å²) in [6.07, 6.45) is 1.16. The van der Waals surface area contributed by atoms with Gasteiger partial charge in [-0.2, -0.15) is 0 Å². The Labute approximate surface area is 146 Å². The minimum absolute atomic E-state index is 0.0133. The normalized spacial score (nSPS) is 19.3. The van der Waals surface area contributed by atoms with Crippen molar-refractivity contribution in [2.24, 2.45) is 5.92 Å². The predicted molar refractivity (Wildman–Crippen MR) is 95.8 cm³/mol. The van der Waals surface area contributed by atoms with Crippen LogP contribution in [0, 0.1) is 12.8 Å². The van der Waals surface area contributed by atoms with Gasteiger partial charge in [0.05, 0.1) is 28.1 Å². The topological polar surface area (TPSA) is 76.1 Å². The molecule has 3 rings (SSSR count). The molecule has 7 heteroatoms. The maximum atomic E-state index is 12.0. The first kappa shape index (κ1) is 17.1. The Morgan fingerprint density at radius 2 is 2.08 bits per heavy atom. The van der Waals surface area contributed by atoms with Gasteiger partial charge in [0.25, 0.3) is 0 Å². The van der Waals surface area contributed by atoms with Gasteiger partial charge in [-0.3, -0.25) is 4.79 Å². The van der Waals surface area contributed by atoms with Crippen LogP contribution in [-0.4, -0.2) is 37.4 Å². The van der Waals surface area contributed by atoms with E-state index >= 15 is 0 Å². The molecule has 2 heterocycles. The summed E-state index contributed by atoms with van der Waals surface area (Å²) in [5, 5.41) is 5.94. The minimum Gasteiger partial charge on any atom is -0.356 e. The van der Waals surface area contributed by atoms with Crippen LogP contribution in [-0.2, 0) is 21.1 Å². The molecule has 0 unspecified atom stereocenters. The smallest absolute Gasteiger partial charge is 0.224 e. The van der Waals surface area contributed by atoms with E-state index in [9.17, 15) is 13.2 Å². The first-order valence-electron chi connectivity index (χ1n) is 7.92. The number of carbonyl (C=O) groups is 1. The lowest BCUT2D eigenvalue weighted by Gasteiger charge is -2.09. The molecule has 128 valence electrons. The molecule has 1 aliphatic rings. The van der Waals surface area contributed by atoms with Crippen LogP contribution in [0.3, 0.4) is 0 Å². The van der Waals surface area contributed by atoms with Gasteiger partial charge in [-0.05, 0) is 25.3 Å². The fraction of sp³-hybridized carbons (Fsp3) is 0.412. The summed E-state index contributed by atoms with van der Waals surface area (Å²) < 4.78 is 22.8. The quantitative estimate of drug-likeness (QED) is 0.882. The number of nitrogens with one attached hydrogen (secondary N) is 1. The Morgan fingerprint density at radius 3 is 2.67 bits per heavy atom. The molecule has 5 nitrogen and oxygen atoms in total. The fourth-order valence-corrected chi connectivity index (χ4v) is 5.18. The van der Waals surface area contributed by atoms with E-state index < -0.39 is 9.84 Å². The molecule has 0 aliphatic carbocycles.